The van der Waals surface area contributed by atoms with Gasteiger partial charge < -0.3 is 9.47 Å². The topological polar surface area (TPSA) is 90.0 Å². The molecule has 1 heterocycles. The van der Waals surface area contributed by atoms with E-state index in [4.69, 9.17) is 32.7 Å². The summed E-state index contributed by atoms with van der Waals surface area (Å²) in [7, 11) is -2.43. The van der Waals surface area contributed by atoms with Crippen molar-refractivity contribution in [3.63, 3.8) is 0 Å². The van der Waals surface area contributed by atoms with Gasteiger partial charge in [-0.15, -0.1) is 0 Å². The first kappa shape index (κ1) is 29.0. The molecule has 0 radical (unpaired) electrons. The summed E-state index contributed by atoms with van der Waals surface area (Å²) in [5.41, 5.74) is 0.200. The summed E-state index contributed by atoms with van der Waals surface area (Å²) in [6.45, 7) is 4.22. The van der Waals surface area contributed by atoms with Gasteiger partial charge in [0.2, 0.25) is 10.0 Å². The van der Waals surface area contributed by atoms with Crippen LogP contribution in [0, 0.1) is 16.7 Å². The number of amides is 1. The second-order valence-corrected chi connectivity index (χ2v) is 14.6. The molecule has 2 saturated carbocycles. The second kappa shape index (κ2) is 10.3. The van der Waals surface area contributed by atoms with Gasteiger partial charge in [0.15, 0.2) is 6.10 Å². The van der Waals surface area contributed by atoms with E-state index in [-0.39, 0.29) is 32.3 Å². The average molecular weight is 629 g/mol. The van der Waals surface area contributed by atoms with Gasteiger partial charge in [-0.3, -0.25) is 4.79 Å². The highest BCUT2D eigenvalue weighted by molar-refractivity contribution is 7.90. The number of sulfonamides is 1. The molecule has 2 bridgehead atoms. The summed E-state index contributed by atoms with van der Waals surface area (Å²) < 4.78 is 39.9. The van der Waals surface area contributed by atoms with E-state index >= 15 is 0 Å². The van der Waals surface area contributed by atoms with Gasteiger partial charge in [0, 0.05) is 11.0 Å². The molecule has 7 nitrogen and oxygen atoms in total. The number of nitrogens with zero attached hydrogens (tertiary/aromatic N) is 1. The van der Waals surface area contributed by atoms with Crippen LogP contribution in [-0.2, 0) is 14.8 Å². The fourth-order valence-corrected chi connectivity index (χ4v) is 10.4. The lowest BCUT2D eigenvalue weighted by molar-refractivity contribution is 0.0369. The van der Waals surface area contributed by atoms with Crippen molar-refractivity contribution in [1.29, 1.82) is 0 Å². The number of esters is 1. The maximum atomic E-state index is 14.2. The Hall–Kier alpha value is -3.07. The Morgan fingerprint density at radius 1 is 0.976 bits per heavy atom. The van der Waals surface area contributed by atoms with E-state index in [0.29, 0.717) is 29.2 Å². The van der Waals surface area contributed by atoms with Gasteiger partial charge in [-0.05, 0) is 54.4 Å². The maximum Gasteiger partial charge on any atom is 0.339 e. The van der Waals surface area contributed by atoms with Crippen molar-refractivity contribution in [1.82, 2.24) is 4.31 Å². The van der Waals surface area contributed by atoms with Gasteiger partial charge in [-0.2, -0.15) is 0 Å². The van der Waals surface area contributed by atoms with Gasteiger partial charge >= 0.3 is 5.97 Å². The molecule has 1 amide bonds. The summed E-state index contributed by atoms with van der Waals surface area (Å²) in [5.74, 6) is -0.906. The molecule has 1 aliphatic heterocycles. The van der Waals surface area contributed by atoms with Crippen molar-refractivity contribution in [2.45, 2.75) is 45.3 Å². The molecule has 10 heteroatoms. The normalized spacial score (nSPS) is 25.6. The summed E-state index contributed by atoms with van der Waals surface area (Å²) in [4.78, 5) is 28.2. The van der Waals surface area contributed by atoms with Gasteiger partial charge in [-0.1, -0.05) is 85.6 Å². The lowest BCUT2D eigenvalue weighted by atomic mass is 9.69. The lowest BCUT2D eigenvalue weighted by Crippen LogP contribution is -2.44. The molecule has 0 aromatic heterocycles. The predicted molar refractivity (Wildman–Crippen MR) is 160 cm³/mol. The number of para-hydroxylation sites is 1. The molecule has 0 N–H and O–H groups in total. The molecule has 220 valence electrons. The second-order valence-electron chi connectivity index (χ2n) is 12.0. The molecular weight excluding hydrogens is 597 g/mol. The third kappa shape index (κ3) is 4.33. The fourth-order valence-electron chi connectivity index (χ4n) is 7.56. The third-order valence-corrected chi connectivity index (χ3v) is 12.5. The minimum Gasteiger partial charge on any atom is -0.496 e. The predicted octanol–water partition coefficient (Wildman–Crippen LogP) is 6.93. The molecule has 3 aromatic carbocycles. The highest BCUT2D eigenvalue weighted by atomic mass is 35.5. The number of halogens is 2. The molecule has 3 aliphatic rings. The van der Waals surface area contributed by atoms with Crippen LogP contribution in [0.5, 0.6) is 5.75 Å². The van der Waals surface area contributed by atoms with E-state index in [1.54, 1.807) is 18.2 Å². The number of rotatable bonds is 6. The fraction of sp³-hybridized carbons (Fsp3) is 0.375. The number of hydrogen-bond donors (Lipinski definition) is 0. The molecule has 0 unspecified atom stereocenters. The number of benzene rings is 3. The van der Waals surface area contributed by atoms with Crippen LogP contribution >= 0.6 is 23.2 Å². The zero-order chi connectivity index (χ0) is 30.0. The molecule has 4 atom stereocenters. The Morgan fingerprint density at radius 3 is 2.29 bits per heavy atom. The summed E-state index contributed by atoms with van der Waals surface area (Å²) >= 11 is 12.7. The Bertz CT molecular complexity index is 1690. The molecular formula is C32H31Cl2NO6S. The Morgan fingerprint density at radius 2 is 1.62 bits per heavy atom. The molecule has 42 heavy (non-hydrogen) atoms. The largest absolute Gasteiger partial charge is 0.496 e. The van der Waals surface area contributed by atoms with Crippen LogP contribution in [0.2, 0.25) is 10.0 Å². The summed E-state index contributed by atoms with van der Waals surface area (Å²) in [6, 6.07) is 18.4. The van der Waals surface area contributed by atoms with Crippen LogP contribution < -0.4 is 4.74 Å². The number of carbonyl (C=O) groups excluding carboxylic acids is 2. The maximum absolute atomic E-state index is 14.2. The molecule has 1 spiro atoms. The Kier molecular flexibility index (Phi) is 7.10. The van der Waals surface area contributed by atoms with Crippen LogP contribution in [0.25, 0.3) is 0 Å². The number of methoxy groups -OCH3 is 1. The lowest BCUT2D eigenvalue weighted by Gasteiger charge is -2.37. The smallest absolute Gasteiger partial charge is 0.339 e. The minimum atomic E-state index is -3.95. The highest BCUT2D eigenvalue weighted by Gasteiger charge is 2.72. The van der Waals surface area contributed by atoms with Crippen molar-refractivity contribution in [2.24, 2.45) is 16.7 Å². The van der Waals surface area contributed by atoms with Crippen molar-refractivity contribution in [3.8, 4) is 5.75 Å². The molecule has 1 saturated heterocycles. The molecule has 6 rings (SSSR count). The van der Waals surface area contributed by atoms with E-state index in [0.717, 1.165) is 17.1 Å². The van der Waals surface area contributed by atoms with Gasteiger partial charge in [0.05, 0.1) is 40.1 Å². The highest BCUT2D eigenvalue weighted by Crippen LogP contribution is 2.70. The van der Waals surface area contributed by atoms with Crippen molar-refractivity contribution >= 4 is 45.1 Å². The first-order valence-electron chi connectivity index (χ1n) is 13.9. The van der Waals surface area contributed by atoms with Crippen molar-refractivity contribution < 1.29 is 27.5 Å². The van der Waals surface area contributed by atoms with Crippen molar-refractivity contribution in [2.75, 3.05) is 12.9 Å². The number of ether oxygens (including phenoxy) is 2. The van der Waals surface area contributed by atoms with E-state index in [1.165, 1.54) is 19.2 Å². The number of fused-ring (bicyclic) bond motifs is 1. The standard InChI is InChI=1S/C32H31Cl2NO6S/c1-31(2)20-13-14-32(31)18-42(38,39)35(27(32)15-20)29(36)22-16-24(33)25(34)17-23(22)30(37)41-28(19-9-5-4-6-10-19)21-11-7-8-12-26(21)40-3/h4-12,16-17,20,27-28H,13-15,18H2,1-3H3/t20-,27-,28+,32-/m1/s1. The summed E-state index contributed by atoms with van der Waals surface area (Å²) in [6.07, 6.45) is 1.39. The monoisotopic (exact) mass is 627 g/mol. The number of carbonyl (C=O) groups is 2. The first-order chi connectivity index (χ1) is 19.9. The molecule has 2 aliphatic carbocycles. The van der Waals surface area contributed by atoms with Gasteiger partial charge in [-0.25, -0.2) is 17.5 Å². The zero-order valence-electron chi connectivity index (χ0n) is 23.5. The van der Waals surface area contributed by atoms with Crippen LogP contribution in [0.1, 0.15) is 71.1 Å². The van der Waals surface area contributed by atoms with Crippen LogP contribution in [0.3, 0.4) is 0 Å². The van der Waals surface area contributed by atoms with E-state index in [9.17, 15) is 18.0 Å². The zero-order valence-corrected chi connectivity index (χ0v) is 25.8. The SMILES string of the molecule is COc1ccccc1[C@@H](OC(=O)c1cc(Cl)c(Cl)cc1C(=O)N1[C@@H]2C[C@H]3CC[C@]2(CS1(=O)=O)C3(C)C)c1ccccc1. The number of hydrogen-bond acceptors (Lipinski definition) is 6. The molecule has 3 fully saturated rings. The van der Waals surface area contributed by atoms with Gasteiger partial charge in [0.25, 0.3) is 5.91 Å². The Labute approximate surface area is 255 Å². The quantitative estimate of drug-likeness (QED) is 0.275. The van der Waals surface area contributed by atoms with Crippen LogP contribution in [-0.4, -0.2) is 43.5 Å². The van der Waals surface area contributed by atoms with Crippen LogP contribution in [0.4, 0.5) is 0 Å². The van der Waals surface area contributed by atoms with E-state index in [1.807, 2.05) is 36.4 Å². The first-order valence-corrected chi connectivity index (χ1v) is 16.2. The van der Waals surface area contributed by atoms with Crippen LogP contribution in [0.15, 0.2) is 66.7 Å². The van der Waals surface area contributed by atoms with E-state index in [2.05, 4.69) is 13.8 Å². The summed E-state index contributed by atoms with van der Waals surface area (Å²) in [5, 5.41) is 0.0658. The molecule has 3 aromatic rings. The van der Waals surface area contributed by atoms with Crippen molar-refractivity contribution in [3.05, 3.63) is 99.0 Å². The minimum absolute atomic E-state index is 0.0282. The average Bonchev–Trinajstić information content (AvgIpc) is 3.45. The Balaban J connectivity index is 1.41. The van der Waals surface area contributed by atoms with E-state index < -0.39 is 39.5 Å². The third-order valence-electron chi connectivity index (χ3n) is 9.87. The van der Waals surface area contributed by atoms with Gasteiger partial charge in [0.1, 0.15) is 5.75 Å².